The van der Waals surface area contributed by atoms with Crippen molar-refractivity contribution >= 4 is 28.8 Å². The topological polar surface area (TPSA) is 50.7 Å². The number of hydrogen-bond donors (Lipinski definition) is 1. The van der Waals surface area contributed by atoms with E-state index >= 15 is 0 Å². The maximum absolute atomic E-state index is 12.5. The summed E-state index contributed by atoms with van der Waals surface area (Å²) in [6, 6.07) is 15.8. The summed E-state index contributed by atoms with van der Waals surface area (Å²) < 4.78 is 0. The van der Waals surface area contributed by atoms with Crippen molar-refractivity contribution in [3.63, 3.8) is 0 Å². The first-order chi connectivity index (χ1) is 14.1. The molecule has 1 amide bonds. The van der Waals surface area contributed by atoms with Crippen molar-refractivity contribution in [3.05, 3.63) is 76.3 Å². The van der Waals surface area contributed by atoms with Gasteiger partial charge in [-0.1, -0.05) is 72.6 Å². The molecule has 0 aliphatic carbocycles. The molecule has 0 bridgehead atoms. The highest BCUT2D eigenvalue weighted by Gasteiger charge is 2.27. The van der Waals surface area contributed by atoms with Crippen molar-refractivity contribution in [3.8, 4) is 0 Å². The van der Waals surface area contributed by atoms with Gasteiger partial charge in [0, 0.05) is 18.0 Å². The molecule has 3 rings (SSSR count). The monoisotopic (exact) mass is 410 g/mol. The highest BCUT2D eigenvalue weighted by Crippen LogP contribution is 2.28. The van der Waals surface area contributed by atoms with E-state index in [9.17, 15) is 4.79 Å². The van der Waals surface area contributed by atoms with E-state index in [4.69, 9.17) is 16.4 Å². The van der Waals surface area contributed by atoms with Crippen molar-refractivity contribution in [1.29, 1.82) is 0 Å². The van der Waals surface area contributed by atoms with Gasteiger partial charge in [-0.15, -0.1) is 0 Å². The minimum absolute atomic E-state index is 0.166. The molecule has 29 heavy (non-hydrogen) atoms. The van der Waals surface area contributed by atoms with Crippen molar-refractivity contribution in [2.75, 3.05) is 6.54 Å². The van der Waals surface area contributed by atoms with Crippen LogP contribution < -0.4 is 5.32 Å². The van der Waals surface area contributed by atoms with Crippen molar-refractivity contribution < 1.29 is 9.63 Å². The summed E-state index contributed by atoms with van der Waals surface area (Å²) in [6.07, 6.45) is 5.35. The molecule has 0 saturated heterocycles. The fourth-order valence-corrected chi connectivity index (χ4v) is 3.55. The highest BCUT2D eigenvalue weighted by atomic mass is 35.5. The van der Waals surface area contributed by atoms with E-state index in [1.54, 1.807) is 0 Å². The summed E-state index contributed by atoms with van der Waals surface area (Å²) in [6.45, 7) is 4.77. The van der Waals surface area contributed by atoms with Crippen LogP contribution in [0.5, 0.6) is 0 Å². The Labute approximate surface area is 177 Å². The van der Waals surface area contributed by atoms with Crippen molar-refractivity contribution in [2.45, 2.75) is 45.6 Å². The second-order valence-electron chi connectivity index (χ2n) is 7.23. The van der Waals surface area contributed by atoms with E-state index in [1.807, 2.05) is 48.5 Å². The Morgan fingerprint density at radius 2 is 2.07 bits per heavy atom. The molecule has 1 atom stereocenters. The van der Waals surface area contributed by atoms with Crippen LogP contribution in [-0.4, -0.2) is 18.2 Å². The Bertz CT molecular complexity index is 906. The number of nitrogens with zero attached hydrogens (tertiary/aromatic N) is 1. The number of amides is 1. The average molecular weight is 411 g/mol. The molecule has 0 spiro atoms. The fraction of sp³-hybridized carbons (Fsp3) is 0.333. The molecule has 1 aliphatic heterocycles. The van der Waals surface area contributed by atoms with Crippen LogP contribution >= 0.6 is 11.6 Å². The molecular formula is C24H27ClN2O2. The van der Waals surface area contributed by atoms with Gasteiger partial charge in [0.05, 0.1) is 0 Å². The predicted octanol–water partition coefficient (Wildman–Crippen LogP) is 5.86. The summed E-state index contributed by atoms with van der Waals surface area (Å²) in [5.41, 5.74) is 5.00. The number of nitrogens with one attached hydrogen (secondary N) is 1. The van der Waals surface area contributed by atoms with Gasteiger partial charge in [-0.2, -0.15) is 0 Å². The first kappa shape index (κ1) is 21.1. The zero-order valence-corrected chi connectivity index (χ0v) is 17.7. The van der Waals surface area contributed by atoms with Crippen LogP contribution in [-0.2, 0) is 9.63 Å². The van der Waals surface area contributed by atoms with Crippen LogP contribution in [0.1, 0.15) is 55.4 Å². The lowest BCUT2D eigenvalue weighted by Crippen LogP contribution is -2.31. The average Bonchev–Trinajstić information content (AvgIpc) is 3.23. The number of carbonyl (C=O) groups is 1. The van der Waals surface area contributed by atoms with Crippen LogP contribution in [0.15, 0.2) is 59.8 Å². The zero-order chi connectivity index (χ0) is 20.6. The third-order valence-electron chi connectivity index (χ3n) is 5.01. The lowest BCUT2D eigenvalue weighted by Gasteiger charge is -2.13. The van der Waals surface area contributed by atoms with Gasteiger partial charge < -0.3 is 10.2 Å². The number of hydrogen-bond acceptors (Lipinski definition) is 3. The quantitative estimate of drug-likeness (QED) is 0.592. The highest BCUT2D eigenvalue weighted by molar-refractivity contribution is 6.39. The van der Waals surface area contributed by atoms with E-state index in [0.717, 1.165) is 35.4 Å². The summed E-state index contributed by atoms with van der Waals surface area (Å²) in [4.78, 5) is 18.0. The van der Waals surface area contributed by atoms with Crippen LogP contribution in [0.25, 0.3) is 5.57 Å². The molecule has 2 aromatic rings. The number of unbranched alkanes of at least 4 members (excludes halogenated alkanes) is 1. The number of carbonyl (C=O) groups excluding carboxylic acids is 1. The number of benzene rings is 2. The van der Waals surface area contributed by atoms with Crippen molar-refractivity contribution in [1.82, 2.24) is 5.32 Å². The van der Waals surface area contributed by atoms with Gasteiger partial charge in [-0.3, -0.25) is 4.79 Å². The van der Waals surface area contributed by atoms with E-state index in [0.29, 0.717) is 18.7 Å². The van der Waals surface area contributed by atoms with Gasteiger partial charge in [0.25, 0.3) is 5.91 Å². The maximum atomic E-state index is 12.5. The Kier molecular flexibility index (Phi) is 7.48. The molecule has 0 radical (unpaired) electrons. The SMILES string of the molecule is CCCC=C(CCNC(=O)C1=NOC(c2ccccc2)C1)c1cc(Cl)ccc1C. The lowest BCUT2D eigenvalue weighted by molar-refractivity contribution is -0.114. The number of halogens is 1. The van der Waals surface area contributed by atoms with Gasteiger partial charge in [0.1, 0.15) is 5.71 Å². The number of rotatable bonds is 8. The molecule has 2 aromatic carbocycles. The Balaban J connectivity index is 1.57. The largest absolute Gasteiger partial charge is 0.387 e. The summed E-state index contributed by atoms with van der Waals surface area (Å²) in [5, 5.41) is 7.70. The van der Waals surface area contributed by atoms with Crippen LogP contribution in [0, 0.1) is 6.92 Å². The first-order valence-electron chi connectivity index (χ1n) is 10.1. The molecule has 0 fully saturated rings. The molecule has 1 heterocycles. The van der Waals surface area contributed by atoms with E-state index in [1.165, 1.54) is 11.1 Å². The van der Waals surface area contributed by atoms with E-state index < -0.39 is 0 Å². The molecule has 0 aromatic heterocycles. The minimum atomic E-state index is -0.189. The van der Waals surface area contributed by atoms with Crippen LogP contribution in [0.2, 0.25) is 5.02 Å². The third-order valence-corrected chi connectivity index (χ3v) is 5.24. The van der Waals surface area contributed by atoms with Crippen LogP contribution in [0.3, 0.4) is 0 Å². The van der Waals surface area contributed by atoms with Gasteiger partial charge in [0.15, 0.2) is 6.10 Å². The fourth-order valence-electron chi connectivity index (χ4n) is 3.38. The smallest absolute Gasteiger partial charge is 0.269 e. The zero-order valence-electron chi connectivity index (χ0n) is 17.0. The predicted molar refractivity (Wildman–Crippen MR) is 119 cm³/mol. The van der Waals surface area contributed by atoms with Gasteiger partial charge >= 0.3 is 0 Å². The molecule has 152 valence electrons. The summed E-state index contributed by atoms with van der Waals surface area (Å²) >= 11 is 6.20. The first-order valence-corrected chi connectivity index (χ1v) is 10.5. The summed E-state index contributed by atoms with van der Waals surface area (Å²) in [5.74, 6) is -0.166. The number of oxime groups is 1. The lowest BCUT2D eigenvalue weighted by atomic mass is 9.96. The van der Waals surface area contributed by atoms with E-state index in [2.05, 4.69) is 30.4 Å². The minimum Gasteiger partial charge on any atom is -0.387 e. The maximum Gasteiger partial charge on any atom is 0.269 e. The van der Waals surface area contributed by atoms with E-state index in [-0.39, 0.29) is 12.0 Å². The van der Waals surface area contributed by atoms with Crippen molar-refractivity contribution in [2.24, 2.45) is 5.16 Å². The number of aryl methyl sites for hydroxylation is 1. The molecule has 0 saturated carbocycles. The molecule has 1 N–H and O–H groups in total. The normalized spacial score (nSPS) is 16.3. The second-order valence-corrected chi connectivity index (χ2v) is 7.67. The van der Waals surface area contributed by atoms with Gasteiger partial charge in [0.2, 0.25) is 0 Å². The third kappa shape index (κ3) is 5.70. The second kappa shape index (κ2) is 10.3. The van der Waals surface area contributed by atoms with Gasteiger partial charge in [-0.25, -0.2) is 0 Å². The Hall–Kier alpha value is -2.59. The molecule has 1 unspecified atom stereocenters. The standard InChI is InChI=1S/C24H27ClN2O2/c1-3-4-8-18(21-15-20(25)12-11-17(21)2)13-14-26-24(28)22-16-23(29-27-22)19-9-6-5-7-10-19/h5-12,15,23H,3-4,13-14,16H2,1-2H3,(H,26,28). The molecule has 4 nitrogen and oxygen atoms in total. The Morgan fingerprint density at radius 1 is 1.28 bits per heavy atom. The van der Waals surface area contributed by atoms with Gasteiger partial charge in [-0.05, 0) is 54.2 Å². The summed E-state index contributed by atoms with van der Waals surface area (Å²) in [7, 11) is 0. The molecular weight excluding hydrogens is 384 g/mol. The molecule has 5 heteroatoms. The Morgan fingerprint density at radius 3 is 2.83 bits per heavy atom. The number of allylic oxidation sites excluding steroid dienone is 1. The van der Waals surface area contributed by atoms with Crippen LogP contribution in [0.4, 0.5) is 0 Å². The molecule has 1 aliphatic rings.